The molecule has 1 atom stereocenters. The van der Waals surface area contributed by atoms with Crippen LogP contribution in [0.4, 0.5) is 8.78 Å². The van der Waals surface area contributed by atoms with E-state index in [0.29, 0.717) is 20.8 Å². The summed E-state index contributed by atoms with van der Waals surface area (Å²) in [6.45, 7) is 0. The van der Waals surface area contributed by atoms with Crippen molar-refractivity contribution >= 4 is 39.1 Å². The summed E-state index contributed by atoms with van der Waals surface area (Å²) in [5.74, 6) is -0.752. The van der Waals surface area contributed by atoms with Crippen molar-refractivity contribution in [3.63, 3.8) is 0 Å². The van der Waals surface area contributed by atoms with Crippen LogP contribution in [0.5, 0.6) is 5.75 Å². The predicted octanol–water partition coefficient (Wildman–Crippen LogP) is 5.91. The highest BCUT2D eigenvalue weighted by atomic mass is 79.9. The van der Waals surface area contributed by atoms with Gasteiger partial charge in [-0.3, -0.25) is 0 Å². The molecule has 112 valence electrons. The molecule has 0 fully saturated rings. The number of methoxy groups -OCH3 is 1. The Kier molecular flexibility index (Phi) is 5.47. The van der Waals surface area contributed by atoms with Crippen LogP contribution >= 0.6 is 39.1 Å². The topological polar surface area (TPSA) is 9.23 Å². The van der Waals surface area contributed by atoms with Gasteiger partial charge in [-0.1, -0.05) is 17.7 Å². The molecule has 21 heavy (non-hydrogen) atoms. The number of ether oxygens (including phenoxy) is 1. The summed E-state index contributed by atoms with van der Waals surface area (Å²) in [5.41, 5.74) is 0.511. The molecule has 0 spiro atoms. The predicted molar refractivity (Wildman–Crippen MR) is 84.4 cm³/mol. The highest BCUT2D eigenvalue weighted by Crippen LogP contribution is 2.40. The summed E-state index contributed by atoms with van der Waals surface area (Å²) in [4.78, 5) is 0. The van der Waals surface area contributed by atoms with Crippen molar-refractivity contribution in [1.29, 1.82) is 0 Å². The Morgan fingerprint density at radius 2 is 1.86 bits per heavy atom. The number of alkyl halides is 1. The molecule has 0 N–H and O–H groups in total. The molecule has 0 radical (unpaired) electrons. The number of benzene rings is 2. The minimum absolute atomic E-state index is 0.0107. The second-order valence-electron chi connectivity index (χ2n) is 4.38. The van der Waals surface area contributed by atoms with Crippen molar-refractivity contribution in [3.05, 3.63) is 62.6 Å². The van der Waals surface area contributed by atoms with Gasteiger partial charge < -0.3 is 4.74 Å². The molecule has 0 saturated heterocycles. The standard InChI is InChI=1S/C15H11BrCl2F2O/c1-21-15-9(5-8(17)6-11(15)16)12(18)7-10-13(19)3-2-4-14(10)20/h2-6,12H,7H2,1H3. The molecule has 6 heteroatoms. The van der Waals surface area contributed by atoms with Gasteiger partial charge in [-0.15, -0.1) is 11.6 Å². The Balaban J connectivity index is 2.39. The van der Waals surface area contributed by atoms with Crippen molar-refractivity contribution in [2.75, 3.05) is 7.11 Å². The molecule has 0 aliphatic heterocycles. The van der Waals surface area contributed by atoms with E-state index in [2.05, 4.69) is 15.9 Å². The molecule has 2 aromatic rings. The van der Waals surface area contributed by atoms with E-state index in [1.807, 2.05) is 0 Å². The van der Waals surface area contributed by atoms with Gasteiger partial charge in [0.1, 0.15) is 17.4 Å². The van der Waals surface area contributed by atoms with Crippen molar-refractivity contribution in [2.45, 2.75) is 11.8 Å². The first-order valence-electron chi connectivity index (χ1n) is 6.04. The zero-order valence-corrected chi connectivity index (χ0v) is 14.1. The maximum Gasteiger partial charge on any atom is 0.137 e. The quantitative estimate of drug-likeness (QED) is 0.584. The lowest BCUT2D eigenvalue weighted by Gasteiger charge is -2.16. The summed E-state index contributed by atoms with van der Waals surface area (Å²) in [6, 6.07) is 7.01. The lowest BCUT2D eigenvalue weighted by atomic mass is 10.0. The Bertz CT molecular complexity index is 644. The summed E-state index contributed by atoms with van der Waals surface area (Å²) < 4.78 is 33.3. The summed E-state index contributed by atoms with van der Waals surface area (Å²) in [5, 5.41) is -0.223. The van der Waals surface area contributed by atoms with Gasteiger partial charge >= 0.3 is 0 Å². The van der Waals surface area contributed by atoms with Gasteiger partial charge in [0.2, 0.25) is 0 Å². The van der Waals surface area contributed by atoms with Crippen LogP contribution in [0.1, 0.15) is 16.5 Å². The molecule has 0 aromatic heterocycles. The molecule has 0 aliphatic carbocycles. The average Bonchev–Trinajstić information content (AvgIpc) is 2.42. The van der Waals surface area contributed by atoms with Crippen LogP contribution in [0, 0.1) is 11.6 Å². The van der Waals surface area contributed by atoms with E-state index in [-0.39, 0.29) is 12.0 Å². The van der Waals surface area contributed by atoms with Gasteiger partial charge in [-0.25, -0.2) is 8.78 Å². The number of rotatable bonds is 4. The smallest absolute Gasteiger partial charge is 0.137 e. The molecule has 0 heterocycles. The van der Waals surface area contributed by atoms with Crippen LogP contribution in [0.25, 0.3) is 0 Å². The average molecular weight is 396 g/mol. The van der Waals surface area contributed by atoms with Crippen molar-refractivity contribution < 1.29 is 13.5 Å². The first kappa shape index (κ1) is 16.5. The third-order valence-corrected chi connectivity index (χ3v) is 4.22. The first-order chi connectivity index (χ1) is 9.93. The fourth-order valence-electron chi connectivity index (χ4n) is 2.04. The van der Waals surface area contributed by atoms with Gasteiger partial charge in [-0.2, -0.15) is 0 Å². The van der Waals surface area contributed by atoms with Crippen molar-refractivity contribution in [3.8, 4) is 5.75 Å². The Morgan fingerprint density at radius 1 is 1.24 bits per heavy atom. The van der Waals surface area contributed by atoms with Gasteiger partial charge in [-0.05, 0) is 46.6 Å². The number of hydrogen-bond donors (Lipinski definition) is 0. The molecule has 2 rings (SSSR count). The molecule has 0 bridgehead atoms. The fraction of sp³-hybridized carbons (Fsp3) is 0.200. The molecule has 2 aromatic carbocycles. The molecule has 0 aliphatic rings. The third-order valence-electron chi connectivity index (χ3n) is 3.02. The lowest BCUT2D eigenvalue weighted by molar-refractivity contribution is 0.406. The highest BCUT2D eigenvalue weighted by Gasteiger charge is 2.20. The van der Waals surface area contributed by atoms with Crippen LogP contribution in [-0.4, -0.2) is 7.11 Å². The fourth-order valence-corrected chi connectivity index (χ4v) is 3.36. The first-order valence-corrected chi connectivity index (χ1v) is 7.64. The van der Waals surface area contributed by atoms with Crippen LogP contribution < -0.4 is 4.74 Å². The largest absolute Gasteiger partial charge is 0.495 e. The van der Waals surface area contributed by atoms with E-state index in [9.17, 15) is 8.78 Å². The number of halogens is 5. The summed E-state index contributed by atoms with van der Waals surface area (Å²) in [7, 11) is 1.49. The van der Waals surface area contributed by atoms with Gasteiger partial charge in [0.05, 0.1) is 17.0 Å². The maximum absolute atomic E-state index is 13.7. The highest BCUT2D eigenvalue weighted by molar-refractivity contribution is 9.10. The molecule has 0 saturated carbocycles. The SMILES string of the molecule is COc1c(Br)cc(Cl)cc1C(Cl)Cc1c(F)cccc1F. The Labute approximate surface area is 140 Å². The lowest BCUT2D eigenvalue weighted by Crippen LogP contribution is -2.04. The Hall–Kier alpha value is -0.840. The molecule has 1 nitrogen and oxygen atoms in total. The third kappa shape index (κ3) is 3.68. The maximum atomic E-state index is 13.7. The molecule has 0 amide bonds. The van der Waals surface area contributed by atoms with E-state index in [0.717, 1.165) is 0 Å². The summed E-state index contributed by atoms with van der Waals surface area (Å²) in [6.07, 6.45) is -0.0107. The van der Waals surface area contributed by atoms with Crippen LogP contribution in [0.15, 0.2) is 34.8 Å². The molecular weight excluding hydrogens is 385 g/mol. The normalized spacial score (nSPS) is 12.3. The van der Waals surface area contributed by atoms with Crippen molar-refractivity contribution in [1.82, 2.24) is 0 Å². The minimum Gasteiger partial charge on any atom is -0.495 e. The van der Waals surface area contributed by atoms with Gasteiger partial charge in [0.15, 0.2) is 0 Å². The van der Waals surface area contributed by atoms with Gasteiger partial charge in [0, 0.05) is 16.1 Å². The van der Waals surface area contributed by atoms with E-state index in [1.54, 1.807) is 12.1 Å². The molecular formula is C15H11BrCl2F2O. The second-order valence-corrected chi connectivity index (χ2v) is 6.20. The van der Waals surface area contributed by atoms with E-state index < -0.39 is 17.0 Å². The number of hydrogen-bond acceptors (Lipinski definition) is 1. The minimum atomic E-state index is -0.679. The monoisotopic (exact) mass is 394 g/mol. The van der Waals surface area contributed by atoms with Crippen LogP contribution in [0.2, 0.25) is 5.02 Å². The van der Waals surface area contributed by atoms with Crippen LogP contribution in [0.3, 0.4) is 0 Å². The van der Waals surface area contributed by atoms with Crippen molar-refractivity contribution in [2.24, 2.45) is 0 Å². The van der Waals surface area contributed by atoms with Gasteiger partial charge in [0.25, 0.3) is 0 Å². The summed E-state index contributed by atoms with van der Waals surface area (Å²) >= 11 is 15.6. The van der Waals surface area contributed by atoms with E-state index in [1.165, 1.54) is 25.3 Å². The van der Waals surface area contributed by atoms with Crippen LogP contribution in [-0.2, 0) is 6.42 Å². The second kappa shape index (κ2) is 6.95. The zero-order valence-electron chi connectivity index (χ0n) is 11.0. The molecule has 1 unspecified atom stereocenters. The van der Waals surface area contributed by atoms with E-state index in [4.69, 9.17) is 27.9 Å². The zero-order chi connectivity index (χ0) is 15.6. The van der Waals surface area contributed by atoms with E-state index >= 15 is 0 Å². The Morgan fingerprint density at radius 3 is 2.43 bits per heavy atom.